The maximum Gasteiger partial charge on any atom is 0.259 e. The monoisotopic (exact) mass is 329 g/mol. The number of benzene rings is 1. The van der Waals surface area contributed by atoms with Crippen molar-refractivity contribution in [1.82, 2.24) is 10.5 Å². The van der Waals surface area contributed by atoms with Crippen LogP contribution in [0.25, 0.3) is 11.3 Å². The number of nitrogens with one attached hydrogen (secondary N) is 1. The summed E-state index contributed by atoms with van der Waals surface area (Å²) in [5, 5.41) is 10.5. The first kappa shape index (κ1) is 15.1. The smallest absolute Gasteiger partial charge is 0.259 e. The minimum Gasteiger partial charge on any atom is -0.496 e. The number of aromatic nitrogens is 1. The van der Waals surface area contributed by atoms with Crippen molar-refractivity contribution in [2.75, 3.05) is 12.8 Å². The number of methoxy groups -OCH3 is 1. The number of para-hydroxylation sites is 1. The van der Waals surface area contributed by atoms with Gasteiger partial charge < -0.3 is 20.3 Å². The molecule has 0 aliphatic carbocycles. The molecule has 0 saturated carbocycles. The number of ether oxygens (including phenoxy) is 1. The Kier molecular flexibility index (Phi) is 4.29. The molecule has 0 spiro atoms. The lowest BCUT2D eigenvalue weighted by molar-refractivity contribution is 0.0952. The van der Waals surface area contributed by atoms with E-state index in [0.717, 1.165) is 11.1 Å². The molecule has 118 valence electrons. The molecule has 0 atom stereocenters. The third-order valence-electron chi connectivity index (χ3n) is 3.37. The predicted molar refractivity (Wildman–Crippen MR) is 88.4 cm³/mol. The fourth-order valence-electron chi connectivity index (χ4n) is 2.23. The highest BCUT2D eigenvalue weighted by molar-refractivity contribution is 7.08. The van der Waals surface area contributed by atoms with Gasteiger partial charge in [0.1, 0.15) is 17.0 Å². The maximum atomic E-state index is 12.5. The van der Waals surface area contributed by atoms with Crippen LogP contribution in [0.2, 0.25) is 0 Å². The van der Waals surface area contributed by atoms with Gasteiger partial charge in [-0.25, -0.2) is 0 Å². The van der Waals surface area contributed by atoms with Gasteiger partial charge in [0.25, 0.3) is 5.91 Å². The molecule has 2 aromatic heterocycles. The average Bonchev–Trinajstić information content (AvgIpc) is 3.22. The first-order valence-electron chi connectivity index (χ1n) is 6.88. The number of nitrogen functional groups attached to an aromatic ring is 1. The van der Waals surface area contributed by atoms with Crippen LogP contribution in [-0.2, 0) is 6.54 Å². The van der Waals surface area contributed by atoms with Crippen molar-refractivity contribution < 1.29 is 14.1 Å². The molecule has 7 heteroatoms. The fraction of sp³-hybridized carbons (Fsp3) is 0.125. The molecule has 0 aliphatic rings. The number of hydrogen-bond donors (Lipinski definition) is 2. The second-order valence-electron chi connectivity index (χ2n) is 4.78. The molecule has 23 heavy (non-hydrogen) atoms. The summed E-state index contributed by atoms with van der Waals surface area (Å²) in [5.41, 5.74) is 8.13. The molecule has 0 fully saturated rings. The van der Waals surface area contributed by atoms with E-state index < -0.39 is 0 Å². The van der Waals surface area contributed by atoms with E-state index in [1.807, 2.05) is 41.1 Å². The summed E-state index contributed by atoms with van der Waals surface area (Å²) in [6.07, 6.45) is 0. The van der Waals surface area contributed by atoms with Gasteiger partial charge >= 0.3 is 0 Å². The maximum absolute atomic E-state index is 12.5. The molecule has 0 unspecified atom stereocenters. The van der Waals surface area contributed by atoms with Crippen LogP contribution < -0.4 is 15.8 Å². The molecule has 0 radical (unpaired) electrons. The van der Waals surface area contributed by atoms with E-state index in [1.165, 1.54) is 11.3 Å². The normalized spacial score (nSPS) is 10.5. The Morgan fingerprint density at radius 2 is 2.22 bits per heavy atom. The second kappa shape index (κ2) is 6.53. The van der Waals surface area contributed by atoms with Crippen molar-refractivity contribution in [3.8, 4) is 17.0 Å². The molecule has 3 N–H and O–H groups in total. The standard InChI is InChI=1S/C16H15N3O3S/c1-21-12-5-3-2-4-10(12)8-18-16(20)13-14(19-22-15(13)17)11-6-7-23-9-11/h2-7,9H,8,17H2,1H3,(H,18,20). The fourth-order valence-corrected chi connectivity index (χ4v) is 2.87. The Labute approximate surface area is 136 Å². The van der Waals surface area contributed by atoms with E-state index in [0.29, 0.717) is 18.0 Å². The summed E-state index contributed by atoms with van der Waals surface area (Å²) in [7, 11) is 1.59. The van der Waals surface area contributed by atoms with E-state index in [1.54, 1.807) is 7.11 Å². The van der Waals surface area contributed by atoms with Crippen molar-refractivity contribution in [3.63, 3.8) is 0 Å². The number of carbonyl (C=O) groups is 1. The Hall–Kier alpha value is -2.80. The number of amides is 1. The number of carbonyl (C=O) groups excluding carboxylic acids is 1. The third-order valence-corrected chi connectivity index (χ3v) is 4.06. The van der Waals surface area contributed by atoms with Gasteiger partial charge in [-0.1, -0.05) is 23.4 Å². The minimum atomic E-state index is -0.337. The van der Waals surface area contributed by atoms with E-state index >= 15 is 0 Å². The Balaban J connectivity index is 1.81. The van der Waals surface area contributed by atoms with Gasteiger partial charge in [0.2, 0.25) is 5.88 Å². The number of nitrogens with zero attached hydrogens (tertiary/aromatic N) is 1. The molecule has 1 amide bonds. The average molecular weight is 329 g/mol. The molecular weight excluding hydrogens is 314 g/mol. The highest BCUT2D eigenvalue weighted by atomic mass is 32.1. The van der Waals surface area contributed by atoms with Crippen LogP contribution in [0.3, 0.4) is 0 Å². The lowest BCUT2D eigenvalue weighted by Crippen LogP contribution is -2.24. The Morgan fingerprint density at radius 3 is 2.96 bits per heavy atom. The molecule has 2 heterocycles. The Bertz CT molecular complexity index is 812. The SMILES string of the molecule is COc1ccccc1CNC(=O)c1c(-c2ccsc2)noc1N. The lowest BCUT2D eigenvalue weighted by Gasteiger charge is -2.09. The van der Waals surface area contributed by atoms with Crippen LogP contribution in [0, 0.1) is 0 Å². The van der Waals surface area contributed by atoms with Crippen molar-refractivity contribution in [2.45, 2.75) is 6.54 Å². The van der Waals surface area contributed by atoms with Gasteiger partial charge in [0, 0.05) is 23.1 Å². The summed E-state index contributed by atoms with van der Waals surface area (Å²) in [6.45, 7) is 0.316. The number of anilines is 1. The predicted octanol–water partition coefficient (Wildman–Crippen LogP) is 2.92. The van der Waals surface area contributed by atoms with Crippen LogP contribution in [0.1, 0.15) is 15.9 Å². The lowest BCUT2D eigenvalue weighted by atomic mass is 10.1. The van der Waals surface area contributed by atoms with E-state index in [9.17, 15) is 4.79 Å². The van der Waals surface area contributed by atoms with Crippen LogP contribution >= 0.6 is 11.3 Å². The first-order chi connectivity index (χ1) is 11.2. The molecular formula is C16H15N3O3S. The largest absolute Gasteiger partial charge is 0.496 e. The van der Waals surface area contributed by atoms with Gasteiger partial charge in [-0.3, -0.25) is 4.79 Å². The van der Waals surface area contributed by atoms with Gasteiger partial charge in [-0.2, -0.15) is 11.3 Å². The van der Waals surface area contributed by atoms with E-state index in [-0.39, 0.29) is 17.4 Å². The highest BCUT2D eigenvalue weighted by Crippen LogP contribution is 2.28. The summed E-state index contributed by atoms with van der Waals surface area (Å²) in [6, 6.07) is 9.34. The van der Waals surface area contributed by atoms with Crippen molar-refractivity contribution >= 4 is 23.1 Å². The molecule has 0 saturated heterocycles. The van der Waals surface area contributed by atoms with E-state index in [2.05, 4.69) is 10.5 Å². The van der Waals surface area contributed by atoms with Gasteiger partial charge in [-0.05, 0) is 17.5 Å². The number of nitrogens with two attached hydrogens (primary N) is 1. The van der Waals surface area contributed by atoms with Crippen LogP contribution in [0.5, 0.6) is 5.75 Å². The van der Waals surface area contributed by atoms with Gasteiger partial charge in [0.15, 0.2) is 0 Å². The number of thiophene rings is 1. The van der Waals surface area contributed by atoms with Crippen LogP contribution in [-0.4, -0.2) is 18.2 Å². The first-order valence-corrected chi connectivity index (χ1v) is 7.82. The molecule has 0 bridgehead atoms. The number of hydrogen-bond acceptors (Lipinski definition) is 6. The zero-order valence-corrected chi connectivity index (χ0v) is 13.2. The topological polar surface area (TPSA) is 90.4 Å². The molecule has 1 aromatic carbocycles. The van der Waals surface area contributed by atoms with E-state index in [4.69, 9.17) is 15.0 Å². The summed E-state index contributed by atoms with van der Waals surface area (Å²) in [5.74, 6) is 0.378. The zero-order valence-electron chi connectivity index (χ0n) is 12.4. The minimum absolute atomic E-state index is 0.00345. The molecule has 3 rings (SSSR count). The summed E-state index contributed by atoms with van der Waals surface area (Å²) < 4.78 is 10.3. The van der Waals surface area contributed by atoms with Gasteiger partial charge in [0.05, 0.1) is 7.11 Å². The van der Waals surface area contributed by atoms with Gasteiger partial charge in [-0.15, -0.1) is 0 Å². The number of rotatable bonds is 5. The summed E-state index contributed by atoms with van der Waals surface area (Å²) in [4.78, 5) is 12.5. The third kappa shape index (κ3) is 3.04. The quantitative estimate of drug-likeness (QED) is 0.751. The van der Waals surface area contributed by atoms with Crippen molar-refractivity contribution in [3.05, 3.63) is 52.2 Å². The Morgan fingerprint density at radius 1 is 1.39 bits per heavy atom. The summed E-state index contributed by atoms with van der Waals surface area (Å²) >= 11 is 1.51. The van der Waals surface area contributed by atoms with Crippen molar-refractivity contribution in [1.29, 1.82) is 0 Å². The van der Waals surface area contributed by atoms with Crippen LogP contribution in [0.4, 0.5) is 5.88 Å². The molecule has 3 aromatic rings. The van der Waals surface area contributed by atoms with Crippen LogP contribution in [0.15, 0.2) is 45.6 Å². The zero-order chi connectivity index (χ0) is 16.2. The second-order valence-corrected chi connectivity index (χ2v) is 5.56. The van der Waals surface area contributed by atoms with Crippen molar-refractivity contribution in [2.24, 2.45) is 0 Å². The molecule has 6 nitrogen and oxygen atoms in total. The highest BCUT2D eigenvalue weighted by Gasteiger charge is 2.22. The molecule has 0 aliphatic heterocycles.